The maximum Gasteiger partial charge on any atom is 0.441 e. The van der Waals surface area contributed by atoms with Crippen molar-refractivity contribution in [3.63, 3.8) is 0 Å². The van der Waals surface area contributed by atoms with Crippen LogP contribution >= 0.6 is 23.1 Å². The van der Waals surface area contributed by atoms with Gasteiger partial charge in [0, 0.05) is 18.8 Å². The van der Waals surface area contributed by atoms with Crippen molar-refractivity contribution in [2.45, 2.75) is 19.0 Å². The normalized spacial score (nSPS) is 12.0. The predicted octanol–water partition coefficient (Wildman–Crippen LogP) is 3.40. The van der Waals surface area contributed by atoms with E-state index in [1.54, 1.807) is 11.3 Å². The van der Waals surface area contributed by atoms with Crippen LogP contribution in [0.25, 0.3) is 0 Å². The second-order valence-corrected chi connectivity index (χ2v) is 4.95. The van der Waals surface area contributed by atoms with E-state index in [1.807, 2.05) is 17.7 Å². The number of hydrogen-bond donors (Lipinski definition) is 1. The molecule has 15 heavy (non-hydrogen) atoms. The zero-order chi connectivity index (χ0) is 11.3. The molecule has 0 saturated carbocycles. The fourth-order valence-corrected chi connectivity index (χ4v) is 2.36. The highest BCUT2D eigenvalue weighted by atomic mass is 32.2. The summed E-state index contributed by atoms with van der Waals surface area (Å²) in [5, 5.41) is 7.03. The second-order valence-electron chi connectivity index (χ2n) is 3.05. The first-order valence-corrected chi connectivity index (χ1v) is 6.35. The summed E-state index contributed by atoms with van der Waals surface area (Å²) in [5.41, 5.74) is -1.76. The smallest absolute Gasteiger partial charge is 0.312 e. The van der Waals surface area contributed by atoms with Crippen LogP contribution in [-0.2, 0) is 6.54 Å². The van der Waals surface area contributed by atoms with Crippen LogP contribution in [0.4, 0.5) is 13.2 Å². The van der Waals surface area contributed by atoms with E-state index in [1.165, 1.54) is 5.56 Å². The largest absolute Gasteiger partial charge is 0.441 e. The summed E-state index contributed by atoms with van der Waals surface area (Å²) in [5.74, 6) is 0.0622. The van der Waals surface area contributed by atoms with Crippen LogP contribution in [0.15, 0.2) is 10.8 Å². The van der Waals surface area contributed by atoms with Crippen molar-refractivity contribution in [1.82, 2.24) is 5.32 Å². The summed E-state index contributed by atoms with van der Waals surface area (Å²) in [6, 6.07) is 0. The molecule has 6 heteroatoms. The third-order valence-electron chi connectivity index (χ3n) is 1.82. The molecule has 0 spiro atoms. The molecule has 0 aromatic carbocycles. The molecule has 0 radical (unpaired) electrons. The van der Waals surface area contributed by atoms with Crippen molar-refractivity contribution in [3.8, 4) is 0 Å². The Hall–Kier alpha value is -0.200. The minimum atomic E-state index is -4.11. The zero-order valence-electron chi connectivity index (χ0n) is 8.23. The molecule has 0 fully saturated rings. The fourth-order valence-electron chi connectivity index (χ4n) is 1.03. The molecule has 0 saturated heterocycles. The van der Waals surface area contributed by atoms with E-state index in [-0.39, 0.29) is 17.5 Å². The van der Waals surface area contributed by atoms with E-state index < -0.39 is 5.51 Å². The minimum Gasteiger partial charge on any atom is -0.312 e. The van der Waals surface area contributed by atoms with E-state index in [0.29, 0.717) is 13.1 Å². The number of hydrogen-bond acceptors (Lipinski definition) is 3. The summed E-state index contributed by atoms with van der Waals surface area (Å²) < 4.78 is 35.3. The molecule has 1 nitrogen and oxygen atoms in total. The highest BCUT2D eigenvalue weighted by molar-refractivity contribution is 8.00. The quantitative estimate of drug-likeness (QED) is 0.809. The van der Waals surface area contributed by atoms with Gasteiger partial charge >= 0.3 is 5.51 Å². The van der Waals surface area contributed by atoms with Crippen molar-refractivity contribution in [3.05, 3.63) is 21.9 Å². The number of halogens is 3. The number of aryl methyl sites for hydroxylation is 1. The Morgan fingerprint density at radius 2 is 2.13 bits per heavy atom. The molecular weight excluding hydrogens is 243 g/mol. The Morgan fingerprint density at radius 3 is 2.67 bits per heavy atom. The molecule has 0 unspecified atom stereocenters. The topological polar surface area (TPSA) is 12.0 Å². The molecule has 0 aliphatic heterocycles. The van der Waals surface area contributed by atoms with Crippen LogP contribution in [0.5, 0.6) is 0 Å². The maximum absolute atomic E-state index is 11.8. The first-order chi connectivity index (χ1) is 6.99. The SMILES string of the molecule is Cc1cscc1CNCCSC(F)(F)F. The number of alkyl halides is 3. The van der Waals surface area contributed by atoms with Crippen LogP contribution < -0.4 is 5.32 Å². The Bertz CT molecular complexity index is 296. The van der Waals surface area contributed by atoms with Gasteiger partial charge in [0.05, 0.1) is 0 Å². The third-order valence-corrected chi connectivity index (χ3v) is 3.47. The summed E-state index contributed by atoms with van der Waals surface area (Å²) in [4.78, 5) is 0. The van der Waals surface area contributed by atoms with E-state index >= 15 is 0 Å². The van der Waals surface area contributed by atoms with Crippen LogP contribution in [0, 0.1) is 6.92 Å². The van der Waals surface area contributed by atoms with Gasteiger partial charge in [0.25, 0.3) is 0 Å². The van der Waals surface area contributed by atoms with Gasteiger partial charge in [-0.25, -0.2) is 0 Å². The van der Waals surface area contributed by atoms with Gasteiger partial charge in [0.1, 0.15) is 0 Å². The second kappa shape index (κ2) is 5.77. The lowest BCUT2D eigenvalue weighted by Crippen LogP contribution is -2.18. The summed E-state index contributed by atoms with van der Waals surface area (Å²) >= 11 is 1.62. The van der Waals surface area contributed by atoms with Gasteiger partial charge in [-0.05, 0) is 40.6 Å². The molecule has 1 aromatic rings. The summed E-state index contributed by atoms with van der Waals surface area (Å²) in [7, 11) is 0. The van der Waals surface area contributed by atoms with Gasteiger partial charge in [-0.15, -0.1) is 0 Å². The highest BCUT2D eigenvalue weighted by Gasteiger charge is 2.27. The van der Waals surface area contributed by atoms with Gasteiger partial charge in [-0.3, -0.25) is 0 Å². The Kier molecular flexibility index (Phi) is 4.95. The van der Waals surface area contributed by atoms with E-state index in [2.05, 4.69) is 5.32 Å². The molecule has 0 amide bonds. The summed E-state index contributed by atoms with van der Waals surface area (Å²) in [6.45, 7) is 3.02. The average molecular weight is 255 g/mol. The zero-order valence-corrected chi connectivity index (χ0v) is 9.86. The van der Waals surface area contributed by atoms with Gasteiger partial charge in [-0.2, -0.15) is 24.5 Å². The minimum absolute atomic E-state index is 0.0151. The van der Waals surface area contributed by atoms with Crippen molar-refractivity contribution in [1.29, 1.82) is 0 Å². The molecule has 1 heterocycles. The van der Waals surface area contributed by atoms with Gasteiger partial charge in [-0.1, -0.05) is 0 Å². The van der Waals surface area contributed by atoms with Crippen LogP contribution in [-0.4, -0.2) is 17.8 Å². The standard InChI is InChI=1S/C9H12F3NS2/c1-7-5-14-6-8(7)4-13-2-3-15-9(10,11)12/h5-6,13H,2-4H2,1H3. The Labute approximate surface area is 95.1 Å². The number of thiophene rings is 1. The molecule has 1 rings (SSSR count). The molecule has 1 N–H and O–H groups in total. The first-order valence-electron chi connectivity index (χ1n) is 4.42. The summed E-state index contributed by atoms with van der Waals surface area (Å²) in [6.07, 6.45) is 0. The molecule has 0 atom stereocenters. The Morgan fingerprint density at radius 1 is 1.40 bits per heavy atom. The molecule has 0 aliphatic rings. The average Bonchev–Trinajstić information content (AvgIpc) is 2.49. The van der Waals surface area contributed by atoms with Crippen molar-refractivity contribution in [2.24, 2.45) is 0 Å². The molecule has 1 aromatic heterocycles. The first kappa shape index (κ1) is 12.9. The molecule has 86 valence electrons. The van der Waals surface area contributed by atoms with Crippen LogP contribution in [0.3, 0.4) is 0 Å². The number of rotatable bonds is 5. The number of thioether (sulfide) groups is 1. The van der Waals surface area contributed by atoms with Gasteiger partial charge < -0.3 is 5.32 Å². The molecular formula is C9H12F3NS2. The third kappa shape index (κ3) is 5.44. The van der Waals surface area contributed by atoms with Gasteiger partial charge in [0.2, 0.25) is 0 Å². The van der Waals surface area contributed by atoms with Crippen molar-refractivity contribution >= 4 is 23.1 Å². The lowest BCUT2D eigenvalue weighted by molar-refractivity contribution is -0.0327. The lowest BCUT2D eigenvalue weighted by atomic mass is 10.2. The monoisotopic (exact) mass is 255 g/mol. The molecule has 0 aliphatic carbocycles. The number of nitrogens with one attached hydrogen (secondary N) is 1. The maximum atomic E-state index is 11.8. The highest BCUT2D eigenvalue weighted by Crippen LogP contribution is 2.29. The predicted molar refractivity (Wildman–Crippen MR) is 59.3 cm³/mol. The lowest BCUT2D eigenvalue weighted by Gasteiger charge is -2.06. The van der Waals surface area contributed by atoms with Gasteiger partial charge in [0.15, 0.2) is 0 Å². The van der Waals surface area contributed by atoms with E-state index in [9.17, 15) is 13.2 Å². The fraction of sp³-hybridized carbons (Fsp3) is 0.556. The van der Waals surface area contributed by atoms with Crippen molar-refractivity contribution < 1.29 is 13.2 Å². The van der Waals surface area contributed by atoms with E-state index in [0.717, 1.165) is 5.56 Å². The van der Waals surface area contributed by atoms with Crippen molar-refractivity contribution in [2.75, 3.05) is 12.3 Å². The Balaban J connectivity index is 2.10. The molecule has 0 bridgehead atoms. The van der Waals surface area contributed by atoms with E-state index in [4.69, 9.17) is 0 Å². The van der Waals surface area contributed by atoms with Crippen LogP contribution in [0.2, 0.25) is 0 Å². The van der Waals surface area contributed by atoms with Crippen LogP contribution in [0.1, 0.15) is 11.1 Å².